The molecule has 0 bridgehead atoms. The molecule has 0 aromatic rings. The average Bonchev–Trinajstić information content (AvgIpc) is 3.27. The Labute approximate surface area is 138 Å². The summed E-state index contributed by atoms with van der Waals surface area (Å²) in [7, 11) is 0. The van der Waals surface area contributed by atoms with Crippen LogP contribution in [0.2, 0.25) is 0 Å². The molecule has 0 spiro atoms. The van der Waals surface area contributed by atoms with E-state index < -0.39 is 11.9 Å². The number of carbonyl (C=O) groups excluding carboxylic acids is 3. The van der Waals surface area contributed by atoms with E-state index in [-0.39, 0.29) is 24.3 Å². The average molecular weight is 328 g/mol. The smallest absolute Gasteiger partial charge is 0.243 e. The summed E-state index contributed by atoms with van der Waals surface area (Å²) < 4.78 is 0. The van der Waals surface area contributed by atoms with Gasteiger partial charge in [0.05, 0.1) is 6.54 Å². The summed E-state index contributed by atoms with van der Waals surface area (Å²) in [6.45, 7) is 6.83. The van der Waals surface area contributed by atoms with Gasteiger partial charge < -0.3 is 22.1 Å². The van der Waals surface area contributed by atoms with Gasteiger partial charge >= 0.3 is 0 Å². The van der Waals surface area contributed by atoms with Crippen molar-refractivity contribution in [3.05, 3.63) is 0 Å². The zero-order valence-corrected chi connectivity index (χ0v) is 14.6. The molecule has 1 saturated carbocycles. The highest BCUT2D eigenvalue weighted by atomic mass is 16.2. The highest BCUT2D eigenvalue weighted by molar-refractivity contribution is 5.91. The van der Waals surface area contributed by atoms with Crippen LogP contribution in [-0.2, 0) is 14.4 Å². The van der Waals surface area contributed by atoms with E-state index in [1.165, 1.54) is 0 Å². The van der Waals surface area contributed by atoms with E-state index in [0.717, 1.165) is 31.6 Å². The molecule has 0 aromatic heterocycles. The number of hydrogen-bond acceptors (Lipinski definition) is 4. The van der Waals surface area contributed by atoms with Gasteiger partial charge in [-0.05, 0) is 44.6 Å². The van der Waals surface area contributed by atoms with Crippen LogP contribution in [0.1, 0.15) is 52.9 Å². The maximum Gasteiger partial charge on any atom is 0.243 e. The highest BCUT2D eigenvalue weighted by Crippen LogP contribution is 2.29. The number of hydrogen-bond donors (Lipinski definition) is 4. The molecule has 134 valence electrons. The Morgan fingerprint density at radius 3 is 2.13 bits per heavy atom. The Kier molecular flexibility index (Phi) is 11.0. The van der Waals surface area contributed by atoms with Crippen molar-refractivity contribution in [3.8, 4) is 0 Å². The molecule has 6 N–H and O–H groups in total. The van der Waals surface area contributed by atoms with Crippen LogP contribution in [0, 0.1) is 11.8 Å². The van der Waals surface area contributed by atoms with Crippen molar-refractivity contribution in [2.75, 3.05) is 13.1 Å². The molecule has 1 fully saturated rings. The maximum absolute atomic E-state index is 11.9. The molecule has 23 heavy (non-hydrogen) atoms. The minimum Gasteiger partial charge on any atom is -0.368 e. The van der Waals surface area contributed by atoms with Crippen LogP contribution >= 0.6 is 0 Å². The second-order valence-corrected chi connectivity index (χ2v) is 6.54. The molecular formula is C16H32N4O3. The second kappa shape index (κ2) is 11.9. The van der Waals surface area contributed by atoms with Crippen LogP contribution in [-0.4, -0.2) is 36.9 Å². The number of nitrogens with one attached hydrogen (secondary N) is 2. The van der Waals surface area contributed by atoms with E-state index in [4.69, 9.17) is 11.5 Å². The second-order valence-electron chi connectivity index (χ2n) is 6.54. The van der Waals surface area contributed by atoms with Crippen molar-refractivity contribution in [1.82, 2.24) is 10.6 Å². The van der Waals surface area contributed by atoms with Crippen molar-refractivity contribution < 1.29 is 14.4 Å². The molecule has 7 heteroatoms. The number of nitrogens with two attached hydrogens (primary N) is 2. The number of unbranched alkanes of at least 4 members (excludes halogenated alkanes) is 1. The topological polar surface area (TPSA) is 127 Å². The van der Waals surface area contributed by atoms with E-state index in [0.29, 0.717) is 13.0 Å². The monoisotopic (exact) mass is 328 g/mol. The lowest BCUT2D eigenvalue weighted by molar-refractivity contribution is -0.130. The van der Waals surface area contributed by atoms with Crippen molar-refractivity contribution in [3.63, 3.8) is 0 Å². The maximum atomic E-state index is 11.9. The Hall–Kier alpha value is -1.63. The Bertz CT molecular complexity index is 379. The van der Waals surface area contributed by atoms with E-state index in [1.54, 1.807) is 0 Å². The van der Waals surface area contributed by atoms with Gasteiger partial charge in [-0.3, -0.25) is 14.4 Å². The number of rotatable bonds is 9. The van der Waals surface area contributed by atoms with Crippen LogP contribution in [0.25, 0.3) is 0 Å². The zero-order valence-electron chi connectivity index (χ0n) is 14.6. The molecule has 0 heterocycles. The molecule has 7 nitrogen and oxygen atoms in total. The fraction of sp³-hybridized carbons (Fsp3) is 0.812. The Balaban J connectivity index is 0.00000108. The lowest BCUT2D eigenvalue weighted by atomic mass is 10.1. The standard InChI is InChI=1S/C12H22N4O3.C4H10/c13-6-2-1-3-9(12(19)15-7-10(14)17)16-11(18)8-4-5-8;1-4(2)3/h8-9H,1-7,13H2,(H2,14,17)(H,15,19)(H,16,18);4H,1-3H3. The Morgan fingerprint density at radius 2 is 1.70 bits per heavy atom. The Morgan fingerprint density at radius 1 is 1.13 bits per heavy atom. The fourth-order valence-electron chi connectivity index (χ4n) is 1.69. The fourth-order valence-corrected chi connectivity index (χ4v) is 1.69. The molecule has 1 unspecified atom stereocenters. The summed E-state index contributed by atoms with van der Waals surface area (Å²) in [4.78, 5) is 34.2. The minimum atomic E-state index is -0.612. The number of carbonyl (C=O) groups is 3. The van der Waals surface area contributed by atoms with Gasteiger partial charge in [-0.2, -0.15) is 0 Å². The van der Waals surface area contributed by atoms with Crippen molar-refractivity contribution in [1.29, 1.82) is 0 Å². The largest absolute Gasteiger partial charge is 0.368 e. The summed E-state index contributed by atoms with van der Waals surface area (Å²) in [6.07, 6.45) is 3.81. The highest BCUT2D eigenvalue weighted by Gasteiger charge is 2.32. The van der Waals surface area contributed by atoms with E-state index in [9.17, 15) is 14.4 Å². The summed E-state index contributed by atoms with van der Waals surface area (Å²) >= 11 is 0. The quantitative estimate of drug-likeness (QED) is 0.453. The summed E-state index contributed by atoms with van der Waals surface area (Å²) in [6, 6.07) is -0.612. The molecule has 1 aliphatic rings. The first-order chi connectivity index (χ1) is 10.8. The lowest BCUT2D eigenvalue weighted by Crippen LogP contribution is -2.49. The van der Waals surface area contributed by atoms with Crippen molar-refractivity contribution in [2.45, 2.75) is 58.9 Å². The molecule has 1 aliphatic carbocycles. The van der Waals surface area contributed by atoms with Crippen LogP contribution < -0.4 is 22.1 Å². The van der Waals surface area contributed by atoms with E-state index >= 15 is 0 Å². The molecule has 0 aromatic carbocycles. The van der Waals surface area contributed by atoms with Crippen LogP contribution in [0.4, 0.5) is 0 Å². The number of primary amides is 1. The normalized spacial score (nSPS) is 14.5. The third-order valence-electron chi connectivity index (χ3n) is 2.96. The van der Waals surface area contributed by atoms with Gasteiger partial charge in [-0.15, -0.1) is 0 Å². The van der Waals surface area contributed by atoms with E-state index in [1.807, 2.05) is 0 Å². The minimum absolute atomic E-state index is 0.0425. The third kappa shape index (κ3) is 12.6. The SMILES string of the molecule is CC(C)C.NCCCCC(NC(=O)C1CC1)C(=O)NCC(N)=O. The first-order valence-corrected chi connectivity index (χ1v) is 8.34. The van der Waals surface area contributed by atoms with Gasteiger partial charge in [0.15, 0.2) is 0 Å². The summed E-state index contributed by atoms with van der Waals surface area (Å²) in [5.74, 6) is -0.194. The van der Waals surface area contributed by atoms with Gasteiger partial charge in [-0.25, -0.2) is 0 Å². The molecule has 0 aliphatic heterocycles. The first-order valence-electron chi connectivity index (χ1n) is 8.34. The predicted molar refractivity (Wildman–Crippen MR) is 90.3 cm³/mol. The van der Waals surface area contributed by atoms with Crippen LogP contribution in [0.15, 0.2) is 0 Å². The zero-order chi connectivity index (χ0) is 17.8. The van der Waals surface area contributed by atoms with Gasteiger partial charge in [0.1, 0.15) is 6.04 Å². The predicted octanol–water partition coefficient (Wildman–Crippen LogP) is 0.274. The van der Waals surface area contributed by atoms with Gasteiger partial charge in [0.2, 0.25) is 17.7 Å². The van der Waals surface area contributed by atoms with E-state index in [2.05, 4.69) is 31.4 Å². The van der Waals surface area contributed by atoms with Gasteiger partial charge in [0, 0.05) is 5.92 Å². The lowest BCUT2D eigenvalue weighted by Gasteiger charge is -2.17. The van der Waals surface area contributed by atoms with Crippen molar-refractivity contribution in [2.24, 2.45) is 23.3 Å². The molecule has 1 atom stereocenters. The molecule has 3 amide bonds. The number of amides is 3. The molecule has 0 saturated heterocycles. The third-order valence-corrected chi connectivity index (χ3v) is 2.96. The first kappa shape index (κ1) is 21.4. The van der Waals surface area contributed by atoms with Crippen LogP contribution in [0.5, 0.6) is 0 Å². The molecule has 1 rings (SSSR count). The van der Waals surface area contributed by atoms with Gasteiger partial charge in [0.25, 0.3) is 0 Å². The van der Waals surface area contributed by atoms with Gasteiger partial charge in [-0.1, -0.05) is 20.8 Å². The van der Waals surface area contributed by atoms with Crippen LogP contribution in [0.3, 0.4) is 0 Å². The molecular weight excluding hydrogens is 296 g/mol. The summed E-state index contributed by atoms with van der Waals surface area (Å²) in [5.41, 5.74) is 10.4. The summed E-state index contributed by atoms with van der Waals surface area (Å²) in [5, 5.41) is 5.13. The molecule has 0 radical (unpaired) electrons. The van der Waals surface area contributed by atoms with Crippen molar-refractivity contribution >= 4 is 17.7 Å².